The van der Waals surface area contributed by atoms with Gasteiger partial charge in [-0.05, 0) is 23.8 Å². The van der Waals surface area contributed by atoms with Crippen LogP contribution < -0.4 is 0 Å². The number of hydrogen-bond acceptors (Lipinski definition) is 2. The van der Waals surface area contributed by atoms with E-state index >= 15 is 0 Å². The van der Waals surface area contributed by atoms with Crippen molar-refractivity contribution < 1.29 is 12.8 Å². The Labute approximate surface area is 88.3 Å². The predicted octanol–water partition coefficient (Wildman–Crippen LogP) is 2.65. The third-order valence-corrected chi connectivity index (χ3v) is 3.40. The second-order valence-corrected chi connectivity index (χ2v) is 5.45. The van der Waals surface area contributed by atoms with Gasteiger partial charge in [0.15, 0.2) is 0 Å². The fourth-order valence-electron chi connectivity index (χ4n) is 0.805. The number of hydrogen-bond donors (Lipinski definition) is 0. The SMILES string of the molecule is O=S(=O)(Cl)c1ccc(F)c(CBr)c1. The highest BCUT2D eigenvalue weighted by Crippen LogP contribution is 2.20. The minimum absolute atomic E-state index is 0.0926. The first-order valence-corrected chi connectivity index (χ1v) is 6.67. The summed E-state index contributed by atoms with van der Waals surface area (Å²) in [4.78, 5) is -0.0926. The summed E-state index contributed by atoms with van der Waals surface area (Å²) < 4.78 is 34.6. The molecule has 0 amide bonds. The second kappa shape index (κ2) is 3.94. The van der Waals surface area contributed by atoms with Crippen molar-refractivity contribution in [1.82, 2.24) is 0 Å². The molecule has 0 bridgehead atoms. The van der Waals surface area contributed by atoms with Crippen LogP contribution in [0.1, 0.15) is 5.56 Å². The lowest BCUT2D eigenvalue weighted by molar-refractivity contribution is 0.605. The van der Waals surface area contributed by atoms with Gasteiger partial charge in [0.1, 0.15) is 5.82 Å². The smallest absolute Gasteiger partial charge is 0.207 e. The molecule has 2 nitrogen and oxygen atoms in total. The minimum atomic E-state index is -3.77. The first-order chi connectivity index (χ1) is 5.95. The van der Waals surface area contributed by atoms with E-state index in [-0.39, 0.29) is 15.8 Å². The highest BCUT2D eigenvalue weighted by molar-refractivity contribution is 9.08. The molecule has 0 fully saturated rings. The molecular formula is C7H5BrClFO2S. The van der Waals surface area contributed by atoms with Crippen LogP contribution in [0.5, 0.6) is 0 Å². The van der Waals surface area contributed by atoms with Crippen LogP contribution in [0.2, 0.25) is 0 Å². The molecule has 0 aliphatic carbocycles. The first-order valence-electron chi connectivity index (χ1n) is 3.24. The van der Waals surface area contributed by atoms with E-state index in [0.717, 1.165) is 12.1 Å². The average Bonchev–Trinajstić information content (AvgIpc) is 2.03. The monoisotopic (exact) mass is 286 g/mol. The van der Waals surface area contributed by atoms with Gasteiger partial charge in [0.2, 0.25) is 0 Å². The van der Waals surface area contributed by atoms with E-state index < -0.39 is 14.9 Å². The third kappa shape index (κ3) is 2.65. The number of benzene rings is 1. The van der Waals surface area contributed by atoms with E-state index in [2.05, 4.69) is 15.9 Å². The van der Waals surface area contributed by atoms with Gasteiger partial charge in [-0.25, -0.2) is 12.8 Å². The van der Waals surface area contributed by atoms with E-state index in [0.29, 0.717) is 0 Å². The van der Waals surface area contributed by atoms with Crippen molar-refractivity contribution in [3.8, 4) is 0 Å². The molecule has 0 radical (unpaired) electrons. The summed E-state index contributed by atoms with van der Waals surface area (Å²) in [5, 5.41) is 0.249. The van der Waals surface area contributed by atoms with Crippen molar-refractivity contribution in [1.29, 1.82) is 0 Å². The van der Waals surface area contributed by atoms with Crippen LogP contribution in [0.15, 0.2) is 23.1 Å². The molecule has 0 spiro atoms. The number of halogens is 3. The van der Waals surface area contributed by atoms with Gasteiger partial charge >= 0.3 is 0 Å². The van der Waals surface area contributed by atoms with Crippen molar-refractivity contribution in [2.45, 2.75) is 10.2 Å². The highest BCUT2D eigenvalue weighted by Gasteiger charge is 2.12. The van der Waals surface area contributed by atoms with Crippen molar-refractivity contribution in [3.05, 3.63) is 29.6 Å². The molecule has 1 aromatic carbocycles. The summed E-state index contributed by atoms with van der Waals surface area (Å²) >= 11 is 3.03. The van der Waals surface area contributed by atoms with E-state index in [1.807, 2.05) is 0 Å². The Bertz CT molecular complexity index is 419. The van der Waals surface area contributed by atoms with Crippen LogP contribution in [0.4, 0.5) is 4.39 Å². The lowest BCUT2D eigenvalue weighted by Crippen LogP contribution is -1.94. The van der Waals surface area contributed by atoms with Gasteiger partial charge in [0, 0.05) is 16.0 Å². The Balaban J connectivity index is 3.30. The molecule has 0 N–H and O–H groups in total. The molecule has 1 aromatic rings. The van der Waals surface area contributed by atoms with Crippen LogP contribution in [0.3, 0.4) is 0 Å². The maximum absolute atomic E-state index is 12.9. The van der Waals surface area contributed by atoms with Gasteiger partial charge in [-0.1, -0.05) is 15.9 Å². The van der Waals surface area contributed by atoms with Crippen molar-refractivity contribution in [2.24, 2.45) is 0 Å². The molecule has 1 rings (SSSR count). The molecule has 0 heterocycles. The normalized spacial score (nSPS) is 11.6. The van der Waals surface area contributed by atoms with Crippen LogP contribution >= 0.6 is 26.6 Å². The molecule has 0 saturated heterocycles. The molecule has 0 saturated carbocycles. The van der Waals surface area contributed by atoms with E-state index in [1.165, 1.54) is 6.07 Å². The molecule has 13 heavy (non-hydrogen) atoms. The van der Waals surface area contributed by atoms with Crippen molar-refractivity contribution >= 4 is 35.7 Å². The molecular weight excluding hydrogens is 282 g/mol. The van der Waals surface area contributed by atoms with Gasteiger partial charge in [-0.2, -0.15) is 0 Å². The molecule has 0 unspecified atom stereocenters. The molecule has 0 aromatic heterocycles. The molecule has 6 heteroatoms. The number of rotatable bonds is 2. The lowest BCUT2D eigenvalue weighted by atomic mass is 10.2. The fraction of sp³-hybridized carbons (Fsp3) is 0.143. The molecule has 0 aliphatic heterocycles. The van der Waals surface area contributed by atoms with Crippen LogP contribution in [0, 0.1) is 5.82 Å². The molecule has 0 aliphatic rings. The zero-order valence-electron chi connectivity index (χ0n) is 6.30. The largest absolute Gasteiger partial charge is 0.261 e. The zero-order chi connectivity index (χ0) is 10.1. The van der Waals surface area contributed by atoms with Gasteiger partial charge in [0.25, 0.3) is 9.05 Å². The Morgan fingerprint density at radius 2 is 2.08 bits per heavy atom. The summed E-state index contributed by atoms with van der Waals surface area (Å²) in [7, 11) is 1.31. The topological polar surface area (TPSA) is 34.1 Å². The Morgan fingerprint density at radius 3 is 2.54 bits per heavy atom. The number of alkyl halides is 1. The summed E-state index contributed by atoms with van der Waals surface area (Å²) in [6.07, 6.45) is 0. The fourth-order valence-corrected chi connectivity index (χ4v) is 2.04. The Hall–Kier alpha value is -0.130. The summed E-state index contributed by atoms with van der Waals surface area (Å²) in [6.45, 7) is 0. The van der Waals surface area contributed by atoms with E-state index in [4.69, 9.17) is 10.7 Å². The zero-order valence-corrected chi connectivity index (χ0v) is 9.46. The molecule has 0 atom stereocenters. The first kappa shape index (κ1) is 10.9. The molecule has 72 valence electrons. The highest BCUT2D eigenvalue weighted by atomic mass is 79.9. The lowest BCUT2D eigenvalue weighted by Gasteiger charge is -2.00. The van der Waals surface area contributed by atoms with Gasteiger partial charge < -0.3 is 0 Å². The summed E-state index contributed by atoms with van der Waals surface area (Å²) in [5.41, 5.74) is 0.265. The van der Waals surface area contributed by atoms with Crippen LogP contribution in [0.25, 0.3) is 0 Å². The van der Waals surface area contributed by atoms with E-state index in [1.54, 1.807) is 0 Å². The van der Waals surface area contributed by atoms with Gasteiger partial charge in [-0.15, -0.1) is 0 Å². The van der Waals surface area contributed by atoms with E-state index in [9.17, 15) is 12.8 Å². The minimum Gasteiger partial charge on any atom is -0.207 e. The Morgan fingerprint density at radius 1 is 1.46 bits per heavy atom. The average molecular weight is 288 g/mol. The Kier molecular flexibility index (Phi) is 3.32. The van der Waals surface area contributed by atoms with Crippen LogP contribution in [-0.4, -0.2) is 8.42 Å². The van der Waals surface area contributed by atoms with Gasteiger partial charge in [-0.3, -0.25) is 0 Å². The second-order valence-electron chi connectivity index (χ2n) is 2.32. The third-order valence-electron chi connectivity index (χ3n) is 1.44. The van der Waals surface area contributed by atoms with Crippen LogP contribution in [-0.2, 0) is 14.4 Å². The van der Waals surface area contributed by atoms with Gasteiger partial charge in [0.05, 0.1) is 4.90 Å². The predicted molar refractivity (Wildman–Crippen MR) is 52.1 cm³/mol. The summed E-state index contributed by atoms with van der Waals surface area (Å²) in [5.74, 6) is -0.457. The van der Waals surface area contributed by atoms with Crippen molar-refractivity contribution in [2.75, 3.05) is 0 Å². The maximum atomic E-state index is 12.9. The van der Waals surface area contributed by atoms with Crippen molar-refractivity contribution in [3.63, 3.8) is 0 Å². The quantitative estimate of drug-likeness (QED) is 0.619. The maximum Gasteiger partial charge on any atom is 0.261 e. The standard InChI is InChI=1S/C7H5BrClFO2S/c8-4-5-3-6(13(9,11)12)1-2-7(5)10/h1-3H,4H2. The summed E-state index contributed by atoms with van der Waals surface area (Å²) in [6, 6.07) is 3.40.